The van der Waals surface area contributed by atoms with Crippen molar-refractivity contribution >= 4 is 0 Å². The fraction of sp³-hybridized carbons (Fsp3) is 1.00. The second-order valence-corrected chi connectivity index (χ2v) is 6.48. The number of likely N-dealkylation sites (N-methyl/N-ethyl adjacent to an activating group) is 1. The van der Waals surface area contributed by atoms with Gasteiger partial charge in [-0.2, -0.15) is 0 Å². The highest BCUT2D eigenvalue weighted by Crippen LogP contribution is 2.30. The summed E-state index contributed by atoms with van der Waals surface area (Å²) in [6.45, 7) is 9.44. The molecule has 17 heavy (non-hydrogen) atoms. The van der Waals surface area contributed by atoms with Crippen LogP contribution < -0.4 is 5.32 Å². The summed E-state index contributed by atoms with van der Waals surface area (Å²) in [4.78, 5) is 2.59. The van der Waals surface area contributed by atoms with Gasteiger partial charge >= 0.3 is 0 Å². The largest absolute Gasteiger partial charge is 0.372 e. The first-order valence-corrected chi connectivity index (χ1v) is 7.11. The molecule has 0 spiro atoms. The molecule has 0 aromatic carbocycles. The summed E-state index contributed by atoms with van der Waals surface area (Å²) < 4.78 is 6.05. The van der Waals surface area contributed by atoms with E-state index in [1.807, 2.05) is 7.05 Å². The van der Waals surface area contributed by atoms with E-state index < -0.39 is 0 Å². The van der Waals surface area contributed by atoms with Crippen molar-refractivity contribution in [3.05, 3.63) is 0 Å². The topological polar surface area (TPSA) is 24.5 Å². The maximum absolute atomic E-state index is 6.05. The molecule has 2 unspecified atom stereocenters. The van der Waals surface area contributed by atoms with Crippen molar-refractivity contribution in [2.24, 2.45) is 5.41 Å². The lowest BCUT2D eigenvalue weighted by atomic mass is 9.82. The molecule has 0 aromatic heterocycles. The van der Waals surface area contributed by atoms with Crippen LogP contribution >= 0.6 is 0 Å². The Morgan fingerprint density at radius 2 is 1.82 bits per heavy atom. The van der Waals surface area contributed by atoms with Gasteiger partial charge in [0.05, 0.1) is 12.2 Å². The smallest absolute Gasteiger partial charge is 0.0707 e. The number of nitrogens with zero attached hydrogens (tertiary/aromatic N) is 1. The third kappa shape index (κ3) is 3.94. The quantitative estimate of drug-likeness (QED) is 0.812. The molecule has 0 saturated carbocycles. The lowest BCUT2D eigenvalue weighted by Gasteiger charge is -2.37. The number of nitrogens with one attached hydrogen (secondary N) is 1. The molecule has 0 amide bonds. The Kier molecular flexibility index (Phi) is 4.45. The molecule has 3 heteroatoms. The predicted molar refractivity (Wildman–Crippen MR) is 71.3 cm³/mol. The molecule has 0 radical (unpaired) electrons. The zero-order chi connectivity index (χ0) is 12.3. The van der Waals surface area contributed by atoms with Crippen molar-refractivity contribution in [1.82, 2.24) is 10.2 Å². The molecule has 1 N–H and O–H groups in total. The van der Waals surface area contributed by atoms with Gasteiger partial charge in [0.15, 0.2) is 0 Å². The van der Waals surface area contributed by atoms with Crippen LogP contribution in [0.3, 0.4) is 0 Å². The van der Waals surface area contributed by atoms with Crippen molar-refractivity contribution < 1.29 is 4.74 Å². The van der Waals surface area contributed by atoms with Crippen LogP contribution in [0.2, 0.25) is 0 Å². The van der Waals surface area contributed by atoms with Gasteiger partial charge in [-0.05, 0) is 51.2 Å². The van der Waals surface area contributed by atoms with E-state index in [0.29, 0.717) is 17.6 Å². The molecule has 2 fully saturated rings. The van der Waals surface area contributed by atoms with Crippen molar-refractivity contribution in [3.63, 3.8) is 0 Å². The van der Waals surface area contributed by atoms with E-state index in [-0.39, 0.29) is 0 Å². The zero-order valence-corrected chi connectivity index (χ0v) is 11.7. The molecule has 2 rings (SSSR count). The van der Waals surface area contributed by atoms with Gasteiger partial charge in [0.25, 0.3) is 0 Å². The third-order valence-corrected chi connectivity index (χ3v) is 4.30. The molecule has 2 aliphatic heterocycles. The Labute approximate surface area is 106 Å². The first kappa shape index (κ1) is 13.3. The maximum Gasteiger partial charge on any atom is 0.0707 e. The molecule has 0 aromatic rings. The van der Waals surface area contributed by atoms with Crippen LogP contribution in [0.5, 0.6) is 0 Å². The molecule has 2 heterocycles. The summed E-state index contributed by atoms with van der Waals surface area (Å²) in [6, 6.07) is 0. The lowest BCUT2D eigenvalue weighted by molar-refractivity contribution is 0.0120. The average molecular weight is 240 g/mol. The molecular formula is C14H28N2O. The van der Waals surface area contributed by atoms with Gasteiger partial charge in [-0.15, -0.1) is 0 Å². The Hall–Kier alpha value is -0.120. The predicted octanol–water partition coefficient (Wildman–Crippen LogP) is 1.88. The van der Waals surface area contributed by atoms with E-state index >= 15 is 0 Å². The first-order valence-electron chi connectivity index (χ1n) is 7.11. The molecule has 0 aliphatic carbocycles. The van der Waals surface area contributed by atoms with Crippen LogP contribution in [0.4, 0.5) is 0 Å². The van der Waals surface area contributed by atoms with Gasteiger partial charge in [-0.3, -0.25) is 0 Å². The second-order valence-electron chi connectivity index (χ2n) is 6.48. The van der Waals surface area contributed by atoms with Crippen LogP contribution in [0.25, 0.3) is 0 Å². The lowest BCUT2D eigenvalue weighted by Crippen LogP contribution is -2.41. The minimum absolute atomic E-state index is 0.450. The SMILES string of the molecule is CNCC1CCC(CN2CCC(C)(C)CC2)O1. The molecule has 2 saturated heterocycles. The van der Waals surface area contributed by atoms with Crippen LogP contribution in [0.15, 0.2) is 0 Å². The van der Waals surface area contributed by atoms with Crippen molar-refractivity contribution in [2.45, 2.75) is 51.7 Å². The molecule has 100 valence electrons. The van der Waals surface area contributed by atoms with Crippen LogP contribution in [0, 0.1) is 5.41 Å². The molecule has 2 atom stereocenters. The highest BCUT2D eigenvalue weighted by Gasteiger charge is 2.30. The number of hydrogen-bond donors (Lipinski definition) is 1. The van der Waals surface area contributed by atoms with Crippen molar-refractivity contribution in [1.29, 1.82) is 0 Å². The van der Waals surface area contributed by atoms with Crippen LogP contribution in [-0.2, 0) is 4.74 Å². The van der Waals surface area contributed by atoms with Crippen LogP contribution in [-0.4, -0.2) is 50.3 Å². The molecule has 0 bridgehead atoms. The Morgan fingerprint density at radius 3 is 2.47 bits per heavy atom. The Balaban J connectivity index is 1.69. The Bertz CT molecular complexity index is 232. The number of piperidine rings is 1. The van der Waals surface area contributed by atoms with E-state index in [1.165, 1.54) is 38.8 Å². The van der Waals surface area contributed by atoms with Gasteiger partial charge in [0.2, 0.25) is 0 Å². The summed E-state index contributed by atoms with van der Waals surface area (Å²) in [5.74, 6) is 0. The number of likely N-dealkylation sites (tertiary alicyclic amines) is 1. The average Bonchev–Trinajstić information content (AvgIpc) is 2.70. The fourth-order valence-corrected chi connectivity index (χ4v) is 2.92. The van der Waals surface area contributed by atoms with Gasteiger partial charge in [0, 0.05) is 13.1 Å². The van der Waals surface area contributed by atoms with E-state index in [2.05, 4.69) is 24.1 Å². The van der Waals surface area contributed by atoms with Crippen molar-refractivity contribution in [3.8, 4) is 0 Å². The summed E-state index contributed by atoms with van der Waals surface area (Å²) >= 11 is 0. The first-order chi connectivity index (χ1) is 8.09. The molecule has 3 nitrogen and oxygen atoms in total. The summed E-state index contributed by atoms with van der Waals surface area (Å²) in [6.07, 6.45) is 6.07. The van der Waals surface area contributed by atoms with Gasteiger partial charge in [-0.25, -0.2) is 0 Å². The van der Waals surface area contributed by atoms with Crippen molar-refractivity contribution in [2.75, 3.05) is 33.2 Å². The fourth-order valence-electron chi connectivity index (χ4n) is 2.92. The zero-order valence-electron chi connectivity index (χ0n) is 11.7. The normalized spacial score (nSPS) is 34.1. The van der Waals surface area contributed by atoms with E-state index in [4.69, 9.17) is 4.74 Å². The minimum Gasteiger partial charge on any atom is -0.372 e. The standard InChI is InChI=1S/C14H28N2O/c1-14(2)6-8-16(9-7-14)11-13-5-4-12(17-13)10-15-3/h12-13,15H,4-11H2,1-3H3. The maximum atomic E-state index is 6.05. The van der Waals surface area contributed by atoms with Gasteiger partial charge in [-0.1, -0.05) is 13.8 Å². The molecular weight excluding hydrogens is 212 g/mol. The van der Waals surface area contributed by atoms with Gasteiger partial charge in [0.1, 0.15) is 0 Å². The minimum atomic E-state index is 0.450. The summed E-state index contributed by atoms with van der Waals surface area (Å²) in [5, 5.41) is 3.21. The van der Waals surface area contributed by atoms with Gasteiger partial charge < -0.3 is 15.0 Å². The summed E-state index contributed by atoms with van der Waals surface area (Å²) in [5.41, 5.74) is 0.557. The highest BCUT2D eigenvalue weighted by molar-refractivity contribution is 4.82. The van der Waals surface area contributed by atoms with E-state index in [1.54, 1.807) is 0 Å². The van der Waals surface area contributed by atoms with E-state index in [0.717, 1.165) is 13.1 Å². The van der Waals surface area contributed by atoms with E-state index in [9.17, 15) is 0 Å². The highest BCUT2D eigenvalue weighted by atomic mass is 16.5. The number of hydrogen-bond acceptors (Lipinski definition) is 3. The number of rotatable bonds is 4. The van der Waals surface area contributed by atoms with Crippen LogP contribution in [0.1, 0.15) is 39.5 Å². The summed E-state index contributed by atoms with van der Waals surface area (Å²) in [7, 11) is 2.00. The molecule has 2 aliphatic rings. The number of ether oxygens (including phenoxy) is 1. The second kappa shape index (κ2) is 5.68. The third-order valence-electron chi connectivity index (χ3n) is 4.30. The monoisotopic (exact) mass is 240 g/mol. The Morgan fingerprint density at radius 1 is 1.18 bits per heavy atom.